The van der Waals surface area contributed by atoms with Crippen molar-refractivity contribution >= 4 is 33.1 Å². The molecule has 84 valence electrons. The minimum Gasteiger partial charge on any atom is -0.396 e. The van der Waals surface area contributed by atoms with Crippen molar-refractivity contribution in [1.82, 2.24) is 19.9 Å². The molecule has 0 aliphatic rings. The van der Waals surface area contributed by atoms with Gasteiger partial charge in [-0.3, -0.25) is 0 Å². The molecule has 0 aromatic carbocycles. The molecule has 0 aliphatic carbocycles. The van der Waals surface area contributed by atoms with Crippen LogP contribution in [-0.4, -0.2) is 19.9 Å². The first-order valence-electron chi connectivity index (χ1n) is 4.83. The Kier molecular flexibility index (Phi) is 2.12. The van der Waals surface area contributed by atoms with Gasteiger partial charge in [0, 0.05) is 17.8 Å². The lowest BCUT2D eigenvalue weighted by Gasteiger charge is -2.01. The molecule has 0 saturated heterocycles. The molecule has 4 N–H and O–H groups in total. The monoisotopic (exact) mass is 244 g/mol. The molecule has 17 heavy (non-hydrogen) atoms. The van der Waals surface area contributed by atoms with Crippen LogP contribution in [0.4, 0.5) is 11.5 Å². The van der Waals surface area contributed by atoms with Crippen LogP contribution in [0.1, 0.15) is 0 Å². The Morgan fingerprint density at radius 3 is 2.53 bits per heavy atom. The Bertz CT molecular complexity index is 678. The average molecular weight is 244 g/mol. The molecule has 0 aliphatic heterocycles. The lowest BCUT2D eigenvalue weighted by Crippen LogP contribution is -1.99. The van der Waals surface area contributed by atoms with E-state index in [-0.39, 0.29) is 0 Å². The molecule has 3 aromatic heterocycles. The molecule has 0 radical (unpaired) electrons. The van der Waals surface area contributed by atoms with Crippen LogP contribution in [-0.2, 0) is 0 Å². The Morgan fingerprint density at radius 2 is 1.76 bits per heavy atom. The number of nitrogens with two attached hydrogens (primary N) is 2. The van der Waals surface area contributed by atoms with Crippen molar-refractivity contribution in [1.29, 1.82) is 0 Å². The normalized spacial score (nSPS) is 10.8. The lowest BCUT2D eigenvalue weighted by atomic mass is 10.4. The van der Waals surface area contributed by atoms with Gasteiger partial charge in [0.1, 0.15) is 11.3 Å². The second-order valence-corrected chi connectivity index (χ2v) is 4.25. The zero-order valence-corrected chi connectivity index (χ0v) is 9.48. The molecular weight excluding hydrogens is 236 g/mol. The maximum absolute atomic E-state index is 5.86. The van der Waals surface area contributed by atoms with E-state index in [0.29, 0.717) is 28.7 Å². The molecule has 0 saturated carbocycles. The maximum atomic E-state index is 5.86. The van der Waals surface area contributed by atoms with E-state index in [2.05, 4.69) is 19.9 Å². The summed E-state index contributed by atoms with van der Waals surface area (Å²) in [6.07, 6.45) is 3.26. The van der Waals surface area contributed by atoms with E-state index >= 15 is 0 Å². The zero-order valence-electron chi connectivity index (χ0n) is 8.66. The lowest BCUT2D eigenvalue weighted by molar-refractivity contribution is 1.10. The van der Waals surface area contributed by atoms with E-state index in [4.69, 9.17) is 11.5 Å². The summed E-state index contributed by atoms with van der Waals surface area (Å²) in [7, 11) is 0. The number of nitrogen functional groups attached to an aromatic ring is 2. The molecular formula is C10H8N6S. The van der Waals surface area contributed by atoms with Crippen molar-refractivity contribution in [3.8, 4) is 11.6 Å². The highest BCUT2D eigenvalue weighted by atomic mass is 32.1. The number of hydrogen-bond donors (Lipinski definition) is 2. The predicted molar refractivity (Wildman–Crippen MR) is 67.3 cm³/mol. The average Bonchev–Trinajstić information content (AvgIpc) is 2.73. The first-order chi connectivity index (χ1) is 8.25. The van der Waals surface area contributed by atoms with E-state index < -0.39 is 0 Å². The number of thiophene rings is 1. The third-order valence-corrected chi connectivity index (χ3v) is 3.24. The first kappa shape index (κ1) is 9.91. The van der Waals surface area contributed by atoms with Crippen molar-refractivity contribution < 1.29 is 0 Å². The topological polar surface area (TPSA) is 104 Å². The number of hydrogen-bond acceptors (Lipinski definition) is 7. The van der Waals surface area contributed by atoms with Crippen LogP contribution in [0.2, 0.25) is 0 Å². The van der Waals surface area contributed by atoms with Gasteiger partial charge in [0.15, 0.2) is 11.6 Å². The number of nitrogens with zero attached hydrogens (tertiary/aromatic N) is 4. The van der Waals surface area contributed by atoms with Crippen LogP contribution in [0.5, 0.6) is 0 Å². The molecule has 3 rings (SSSR count). The molecule has 0 unspecified atom stereocenters. The standard InChI is InChI=1S/C10H8N6S/c11-5-4-17-7-6(5)15-10(16-8(7)12)9-13-2-1-3-14-9/h1-4H,11H2,(H2,12,15,16). The third kappa shape index (κ3) is 1.56. The van der Waals surface area contributed by atoms with Crippen molar-refractivity contribution in [3.63, 3.8) is 0 Å². The molecule has 3 heterocycles. The van der Waals surface area contributed by atoms with Crippen molar-refractivity contribution in [3.05, 3.63) is 23.8 Å². The van der Waals surface area contributed by atoms with Gasteiger partial charge in [-0.25, -0.2) is 19.9 Å². The Balaban J connectivity index is 2.28. The molecule has 7 heteroatoms. The van der Waals surface area contributed by atoms with Gasteiger partial charge >= 0.3 is 0 Å². The summed E-state index contributed by atoms with van der Waals surface area (Å²) in [6, 6.07) is 1.73. The minimum atomic E-state index is 0.390. The molecule has 0 spiro atoms. The fourth-order valence-electron chi connectivity index (χ4n) is 1.47. The molecule has 3 aromatic rings. The number of anilines is 2. The van der Waals surface area contributed by atoms with Gasteiger partial charge in [0.05, 0.1) is 10.4 Å². The number of fused-ring (bicyclic) bond motifs is 1. The summed E-state index contributed by atoms with van der Waals surface area (Å²) in [5.74, 6) is 1.23. The van der Waals surface area contributed by atoms with Crippen LogP contribution >= 0.6 is 11.3 Å². The number of rotatable bonds is 1. The largest absolute Gasteiger partial charge is 0.396 e. The second kappa shape index (κ2) is 3.63. The molecule has 6 nitrogen and oxygen atoms in total. The summed E-state index contributed by atoms with van der Waals surface area (Å²) in [5, 5.41) is 1.80. The summed E-state index contributed by atoms with van der Waals surface area (Å²) < 4.78 is 0.794. The van der Waals surface area contributed by atoms with Crippen LogP contribution in [0.25, 0.3) is 21.9 Å². The van der Waals surface area contributed by atoms with Gasteiger partial charge in [-0.15, -0.1) is 11.3 Å². The van der Waals surface area contributed by atoms with Crippen LogP contribution in [0, 0.1) is 0 Å². The highest BCUT2D eigenvalue weighted by Gasteiger charge is 2.12. The van der Waals surface area contributed by atoms with Gasteiger partial charge in [0.25, 0.3) is 0 Å². The van der Waals surface area contributed by atoms with Crippen molar-refractivity contribution in [2.75, 3.05) is 11.5 Å². The number of aromatic nitrogens is 4. The maximum Gasteiger partial charge on any atom is 0.200 e. The Labute approximate surface area is 100 Å². The van der Waals surface area contributed by atoms with Gasteiger partial charge in [-0.1, -0.05) is 0 Å². The van der Waals surface area contributed by atoms with Crippen LogP contribution in [0.3, 0.4) is 0 Å². The smallest absolute Gasteiger partial charge is 0.200 e. The van der Waals surface area contributed by atoms with Gasteiger partial charge in [0.2, 0.25) is 0 Å². The highest BCUT2D eigenvalue weighted by Crippen LogP contribution is 2.31. The summed E-state index contributed by atoms with van der Waals surface area (Å²) in [5.41, 5.74) is 12.9. The Hall–Kier alpha value is -2.28. The van der Waals surface area contributed by atoms with E-state index in [0.717, 1.165) is 4.70 Å². The molecule has 0 amide bonds. The van der Waals surface area contributed by atoms with E-state index in [1.54, 1.807) is 23.8 Å². The predicted octanol–water partition coefficient (Wildman–Crippen LogP) is 1.31. The zero-order chi connectivity index (χ0) is 11.8. The van der Waals surface area contributed by atoms with Crippen molar-refractivity contribution in [2.24, 2.45) is 0 Å². The van der Waals surface area contributed by atoms with E-state index in [1.165, 1.54) is 11.3 Å². The fourth-order valence-corrected chi connectivity index (χ4v) is 2.27. The van der Waals surface area contributed by atoms with Crippen molar-refractivity contribution in [2.45, 2.75) is 0 Å². The van der Waals surface area contributed by atoms with Gasteiger partial charge in [-0.05, 0) is 6.07 Å². The van der Waals surface area contributed by atoms with Crippen LogP contribution < -0.4 is 11.5 Å². The molecule has 0 atom stereocenters. The third-order valence-electron chi connectivity index (χ3n) is 2.23. The minimum absolute atomic E-state index is 0.390. The van der Waals surface area contributed by atoms with Gasteiger partial charge in [-0.2, -0.15) is 0 Å². The SMILES string of the molecule is Nc1csc2c(N)nc(-c3ncccn3)nc12. The molecule has 0 bridgehead atoms. The summed E-state index contributed by atoms with van der Waals surface area (Å²) in [6.45, 7) is 0. The fraction of sp³-hybridized carbons (Fsp3) is 0. The quantitative estimate of drug-likeness (QED) is 0.669. The second-order valence-electron chi connectivity index (χ2n) is 3.37. The summed E-state index contributed by atoms with van der Waals surface area (Å²) in [4.78, 5) is 16.7. The summed E-state index contributed by atoms with van der Waals surface area (Å²) >= 11 is 1.43. The Morgan fingerprint density at radius 1 is 1.00 bits per heavy atom. The highest BCUT2D eigenvalue weighted by molar-refractivity contribution is 7.18. The van der Waals surface area contributed by atoms with E-state index in [9.17, 15) is 0 Å². The van der Waals surface area contributed by atoms with Gasteiger partial charge < -0.3 is 11.5 Å². The van der Waals surface area contributed by atoms with E-state index in [1.807, 2.05) is 0 Å². The van der Waals surface area contributed by atoms with Crippen LogP contribution in [0.15, 0.2) is 23.8 Å². The first-order valence-corrected chi connectivity index (χ1v) is 5.71. The molecule has 0 fully saturated rings.